The van der Waals surface area contributed by atoms with E-state index in [1.807, 2.05) is 25.1 Å². The van der Waals surface area contributed by atoms with Gasteiger partial charge in [-0.1, -0.05) is 6.07 Å². The van der Waals surface area contributed by atoms with Gasteiger partial charge in [-0.15, -0.1) is 24.0 Å². The summed E-state index contributed by atoms with van der Waals surface area (Å²) in [6.07, 6.45) is 1.71. The molecule has 0 amide bonds. The first-order chi connectivity index (χ1) is 13.2. The van der Waals surface area contributed by atoms with Crippen molar-refractivity contribution < 1.29 is 23.0 Å². The quantitative estimate of drug-likeness (QED) is 0.341. The van der Waals surface area contributed by atoms with E-state index in [1.165, 1.54) is 6.07 Å². The van der Waals surface area contributed by atoms with Crippen LogP contribution in [0, 0.1) is 0 Å². The van der Waals surface area contributed by atoms with Crippen LogP contribution in [0.25, 0.3) is 0 Å². The van der Waals surface area contributed by atoms with Gasteiger partial charge in [-0.3, -0.25) is 4.98 Å². The Bertz CT molecular complexity index is 794. The summed E-state index contributed by atoms with van der Waals surface area (Å²) in [7, 11) is 0. The number of fused-ring (bicyclic) bond motifs is 1. The number of hydrogen-bond acceptors (Lipinski definition) is 5. The Kier molecular flexibility index (Phi) is 8.48. The van der Waals surface area contributed by atoms with Crippen molar-refractivity contribution in [2.24, 2.45) is 4.99 Å². The number of ether oxygens (including phenoxy) is 3. The minimum atomic E-state index is -2.94. The second-order valence-corrected chi connectivity index (χ2v) is 5.56. The van der Waals surface area contributed by atoms with E-state index in [4.69, 9.17) is 9.47 Å². The summed E-state index contributed by atoms with van der Waals surface area (Å²) in [6.45, 7) is 0.289. The Balaban J connectivity index is 0.00000280. The van der Waals surface area contributed by atoms with E-state index in [9.17, 15) is 8.78 Å². The first-order valence-corrected chi connectivity index (χ1v) is 8.45. The second-order valence-electron chi connectivity index (χ2n) is 5.56. The largest absolute Gasteiger partial charge is 0.454 e. The Morgan fingerprint density at radius 2 is 2.04 bits per heavy atom. The molecule has 2 N–H and O–H groups in total. The summed E-state index contributed by atoms with van der Waals surface area (Å²) in [5.74, 6) is 1.40. The molecule has 0 fully saturated rings. The number of hydrogen-bond donors (Lipinski definition) is 2. The molecule has 0 saturated heterocycles. The van der Waals surface area contributed by atoms with Crippen LogP contribution in [0.2, 0.25) is 0 Å². The first kappa shape index (κ1) is 21.9. The summed E-state index contributed by atoms with van der Waals surface area (Å²) in [4.78, 5) is 8.67. The summed E-state index contributed by atoms with van der Waals surface area (Å²) >= 11 is 0. The molecule has 1 aliphatic heterocycles. The maximum absolute atomic E-state index is 12.7. The van der Waals surface area contributed by atoms with Crippen LogP contribution in [0.5, 0.6) is 17.2 Å². The van der Waals surface area contributed by atoms with Crippen molar-refractivity contribution in [3.05, 3.63) is 47.8 Å². The fourth-order valence-electron chi connectivity index (χ4n) is 2.48. The molecule has 0 saturated carbocycles. The van der Waals surface area contributed by atoms with E-state index in [2.05, 4.69) is 25.3 Å². The topological polar surface area (TPSA) is 77.0 Å². The lowest BCUT2D eigenvalue weighted by Crippen LogP contribution is -2.37. The Morgan fingerprint density at radius 3 is 2.71 bits per heavy atom. The molecule has 3 rings (SSSR count). The molecule has 0 unspecified atom stereocenters. The minimum Gasteiger partial charge on any atom is -0.454 e. The number of nitrogens with zero attached hydrogens (tertiary/aromatic N) is 2. The van der Waals surface area contributed by atoms with E-state index >= 15 is 0 Å². The molecule has 0 spiro atoms. The van der Waals surface area contributed by atoms with Gasteiger partial charge in [-0.25, -0.2) is 4.99 Å². The second kappa shape index (κ2) is 10.8. The highest BCUT2D eigenvalue weighted by Gasteiger charge is 2.20. The average Bonchev–Trinajstić information content (AvgIpc) is 3.11. The van der Waals surface area contributed by atoms with Crippen LogP contribution in [0.4, 0.5) is 8.78 Å². The molecule has 152 valence electrons. The molecule has 0 radical (unpaired) electrons. The number of halogens is 3. The van der Waals surface area contributed by atoms with E-state index in [-0.39, 0.29) is 43.1 Å². The highest BCUT2D eigenvalue weighted by atomic mass is 127. The molecule has 1 aromatic carbocycles. The van der Waals surface area contributed by atoms with Gasteiger partial charge in [0, 0.05) is 24.4 Å². The molecular formula is C18H21F2IN4O3. The van der Waals surface area contributed by atoms with Gasteiger partial charge in [0.25, 0.3) is 0 Å². The molecule has 1 aromatic heterocycles. The van der Waals surface area contributed by atoms with Crippen LogP contribution in [-0.4, -0.2) is 30.9 Å². The van der Waals surface area contributed by atoms with Crippen molar-refractivity contribution in [1.82, 2.24) is 15.6 Å². The van der Waals surface area contributed by atoms with Crippen molar-refractivity contribution >= 4 is 29.9 Å². The summed E-state index contributed by atoms with van der Waals surface area (Å²) in [5, 5.41) is 6.25. The molecular weight excluding hydrogens is 485 g/mol. The fourth-order valence-corrected chi connectivity index (χ4v) is 2.48. The van der Waals surface area contributed by atoms with Crippen LogP contribution in [-0.2, 0) is 13.1 Å². The number of guanidine groups is 1. The van der Waals surface area contributed by atoms with E-state index in [0.717, 1.165) is 5.69 Å². The lowest BCUT2D eigenvalue weighted by molar-refractivity contribution is -0.0505. The van der Waals surface area contributed by atoms with Crippen molar-refractivity contribution in [3.8, 4) is 17.2 Å². The smallest absolute Gasteiger partial charge is 0.387 e. The number of nitrogens with one attached hydrogen (secondary N) is 2. The van der Waals surface area contributed by atoms with Crippen molar-refractivity contribution in [1.29, 1.82) is 0 Å². The maximum Gasteiger partial charge on any atom is 0.387 e. The van der Waals surface area contributed by atoms with Gasteiger partial charge in [-0.2, -0.15) is 8.78 Å². The fraction of sp³-hybridized carbons (Fsp3) is 0.333. The number of aromatic nitrogens is 1. The van der Waals surface area contributed by atoms with Crippen LogP contribution in [0.3, 0.4) is 0 Å². The third kappa shape index (κ3) is 6.08. The van der Waals surface area contributed by atoms with Gasteiger partial charge in [0.05, 0.1) is 18.8 Å². The summed E-state index contributed by atoms with van der Waals surface area (Å²) < 4.78 is 40.6. The third-order valence-electron chi connectivity index (χ3n) is 3.69. The molecule has 1 aliphatic rings. The van der Waals surface area contributed by atoms with E-state index in [0.29, 0.717) is 36.1 Å². The molecule has 2 heterocycles. The van der Waals surface area contributed by atoms with Gasteiger partial charge in [0.1, 0.15) is 5.75 Å². The molecule has 0 aliphatic carbocycles. The highest BCUT2D eigenvalue weighted by molar-refractivity contribution is 14.0. The number of benzene rings is 1. The highest BCUT2D eigenvalue weighted by Crippen LogP contribution is 2.39. The minimum absolute atomic E-state index is 0. The Morgan fingerprint density at radius 1 is 1.25 bits per heavy atom. The van der Waals surface area contributed by atoms with Gasteiger partial charge in [-0.05, 0) is 25.1 Å². The van der Waals surface area contributed by atoms with Crippen LogP contribution in [0.15, 0.2) is 41.5 Å². The molecule has 0 bridgehead atoms. The standard InChI is InChI=1S/C18H20F2N4O3.HI/c1-2-21-18(24-10-13-5-3-4-6-22-13)23-9-12-7-15-16(26-11-25-15)8-14(12)27-17(19)20;/h3-8,17H,2,9-11H2,1H3,(H2,21,23,24);1H. The van der Waals surface area contributed by atoms with E-state index < -0.39 is 6.61 Å². The number of rotatable bonds is 7. The zero-order valence-corrected chi connectivity index (χ0v) is 17.5. The van der Waals surface area contributed by atoms with Crippen LogP contribution in [0.1, 0.15) is 18.2 Å². The van der Waals surface area contributed by atoms with Crippen LogP contribution < -0.4 is 24.8 Å². The lowest BCUT2D eigenvalue weighted by Gasteiger charge is -2.13. The maximum atomic E-state index is 12.7. The van der Waals surface area contributed by atoms with Gasteiger partial charge < -0.3 is 24.8 Å². The predicted octanol–water partition coefficient (Wildman–Crippen LogP) is 3.29. The van der Waals surface area contributed by atoms with Crippen LogP contribution >= 0.6 is 24.0 Å². The van der Waals surface area contributed by atoms with Crippen molar-refractivity contribution in [3.63, 3.8) is 0 Å². The third-order valence-corrected chi connectivity index (χ3v) is 3.69. The number of pyridine rings is 1. The number of alkyl halides is 2. The SMILES string of the molecule is CCNC(=NCc1cc2c(cc1OC(F)F)OCO2)NCc1ccccn1.I. The molecule has 7 nitrogen and oxygen atoms in total. The zero-order valence-electron chi connectivity index (χ0n) is 15.2. The normalized spacial score (nSPS) is 12.5. The zero-order chi connectivity index (χ0) is 19.1. The summed E-state index contributed by atoms with van der Waals surface area (Å²) in [5.41, 5.74) is 1.32. The number of aliphatic imine (C=N–C) groups is 1. The average molecular weight is 506 g/mol. The molecule has 0 atom stereocenters. The Hall–Kier alpha value is -2.37. The predicted molar refractivity (Wildman–Crippen MR) is 111 cm³/mol. The van der Waals surface area contributed by atoms with E-state index in [1.54, 1.807) is 12.3 Å². The van der Waals surface area contributed by atoms with Crippen molar-refractivity contribution in [2.45, 2.75) is 26.6 Å². The lowest BCUT2D eigenvalue weighted by atomic mass is 10.1. The van der Waals surface area contributed by atoms with Gasteiger partial charge in [0.15, 0.2) is 17.5 Å². The molecule has 28 heavy (non-hydrogen) atoms. The first-order valence-electron chi connectivity index (χ1n) is 8.45. The van der Waals surface area contributed by atoms with Gasteiger partial charge >= 0.3 is 6.61 Å². The monoisotopic (exact) mass is 506 g/mol. The molecule has 10 heteroatoms. The molecule has 2 aromatic rings. The van der Waals surface area contributed by atoms with Gasteiger partial charge in [0.2, 0.25) is 6.79 Å². The van der Waals surface area contributed by atoms with Crippen molar-refractivity contribution in [2.75, 3.05) is 13.3 Å². The Labute approximate surface area is 178 Å². The summed E-state index contributed by atoms with van der Waals surface area (Å²) in [6, 6.07) is 8.63.